The summed E-state index contributed by atoms with van der Waals surface area (Å²) in [6.45, 7) is 0. The number of aromatic nitrogens is 2. The number of nitrogen functional groups attached to an aromatic ring is 1. The number of hydrogen-bond donors (Lipinski definition) is 2. The van der Waals surface area contributed by atoms with Crippen LogP contribution in [0.15, 0.2) is 4.42 Å². The van der Waals surface area contributed by atoms with Gasteiger partial charge in [0.25, 0.3) is 0 Å². The third-order valence-electron chi connectivity index (χ3n) is 2.78. The third kappa shape index (κ3) is 2.77. The van der Waals surface area contributed by atoms with Gasteiger partial charge in [-0.05, 0) is 31.9 Å². The highest BCUT2D eigenvalue weighted by molar-refractivity contribution is 7.99. The number of nitrogens with two attached hydrogens (primary N) is 1. The van der Waals surface area contributed by atoms with Crippen molar-refractivity contribution in [2.24, 2.45) is 0 Å². The van der Waals surface area contributed by atoms with Gasteiger partial charge in [0.05, 0.1) is 0 Å². The summed E-state index contributed by atoms with van der Waals surface area (Å²) in [5.41, 5.74) is 5.34. The Balaban J connectivity index is 1.82. The molecule has 0 bridgehead atoms. The van der Waals surface area contributed by atoms with E-state index >= 15 is 0 Å². The van der Waals surface area contributed by atoms with Crippen LogP contribution in [0.3, 0.4) is 0 Å². The number of rotatable bonds is 3. The average Bonchev–Trinajstić information content (AvgIpc) is 2.65. The molecule has 0 unspecified atom stereocenters. The fourth-order valence-corrected chi connectivity index (χ4v) is 2.65. The van der Waals surface area contributed by atoms with E-state index in [0.717, 1.165) is 18.1 Å². The maximum absolute atomic E-state index is 5.34. The first-order valence-corrected chi connectivity index (χ1v) is 6.45. The molecule has 1 saturated carbocycles. The summed E-state index contributed by atoms with van der Waals surface area (Å²) in [6, 6.07) is 1.02. The summed E-state index contributed by atoms with van der Waals surface area (Å²) in [7, 11) is 0. The zero-order valence-electron chi connectivity index (χ0n) is 8.77. The monoisotopic (exact) mass is 228 g/mol. The second-order valence-corrected chi connectivity index (χ2v) is 4.94. The molecule has 0 aliphatic heterocycles. The fourth-order valence-electron chi connectivity index (χ4n) is 1.91. The molecule has 84 valence electrons. The molecule has 1 aliphatic rings. The van der Waals surface area contributed by atoms with E-state index < -0.39 is 0 Å². The first-order chi connectivity index (χ1) is 7.28. The minimum Gasteiger partial charge on any atom is -0.390 e. The molecule has 1 aromatic heterocycles. The minimum absolute atomic E-state index is 0.121. The number of nitrogens with zero attached hydrogens (tertiary/aromatic N) is 2. The molecular weight excluding hydrogens is 212 g/mol. The Morgan fingerprint density at radius 3 is 2.60 bits per heavy atom. The zero-order chi connectivity index (χ0) is 10.7. The molecule has 1 fully saturated rings. The van der Waals surface area contributed by atoms with Crippen LogP contribution in [-0.4, -0.2) is 27.7 Å². The van der Waals surface area contributed by atoms with Crippen molar-refractivity contribution in [1.82, 2.24) is 10.2 Å². The molecule has 0 spiro atoms. The van der Waals surface area contributed by atoms with Crippen molar-refractivity contribution in [3.63, 3.8) is 0 Å². The predicted molar refractivity (Wildman–Crippen MR) is 61.9 cm³/mol. The van der Waals surface area contributed by atoms with Gasteiger partial charge in [0.2, 0.25) is 0 Å². The van der Waals surface area contributed by atoms with Gasteiger partial charge < -0.3 is 15.5 Å². The van der Waals surface area contributed by atoms with Gasteiger partial charge in [-0.3, -0.25) is 0 Å². The molecule has 0 atom stereocenters. The standard InChI is InChI=1S/C9H16N4OS/c1-15-7-4-2-6(3-5-7)11-9-13-12-8(10)14-9/h6-7H,2-5H2,1H3,(H2,10,12)(H,11,13). The fraction of sp³-hybridized carbons (Fsp3) is 0.778. The number of thioether (sulfide) groups is 1. The summed E-state index contributed by atoms with van der Waals surface area (Å²) < 4.78 is 5.08. The van der Waals surface area contributed by atoms with Crippen LogP contribution in [-0.2, 0) is 0 Å². The van der Waals surface area contributed by atoms with Crippen LogP contribution in [0.2, 0.25) is 0 Å². The summed E-state index contributed by atoms with van der Waals surface area (Å²) in [5.74, 6) is 0. The molecule has 6 heteroatoms. The molecule has 1 heterocycles. The van der Waals surface area contributed by atoms with Gasteiger partial charge in [-0.2, -0.15) is 11.8 Å². The Kier molecular flexibility index (Phi) is 3.35. The molecule has 15 heavy (non-hydrogen) atoms. The normalized spacial score (nSPS) is 26.5. The molecule has 0 radical (unpaired) electrons. The minimum atomic E-state index is 0.121. The molecule has 0 amide bonds. The molecule has 5 nitrogen and oxygen atoms in total. The largest absolute Gasteiger partial charge is 0.390 e. The molecule has 1 aliphatic carbocycles. The van der Waals surface area contributed by atoms with Crippen molar-refractivity contribution in [2.75, 3.05) is 17.3 Å². The summed E-state index contributed by atoms with van der Waals surface area (Å²) in [4.78, 5) is 0. The Hall–Kier alpha value is -0.910. The number of nitrogens with one attached hydrogen (secondary N) is 1. The van der Waals surface area contributed by atoms with Gasteiger partial charge in [0, 0.05) is 11.3 Å². The Morgan fingerprint density at radius 1 is 1.33 bits per heavy atom. The lowest BCUT2D eigenvalue weighted by molar-refractivity contribution is 0.458. The van der Waals surface area contributed by atoms with Crippen molar-refractivity contribution in [3.05, 3.63) is 0 Å². The van der Waals surface area contributed by atoms with E-state index in [2.05, 4.69) is 21.8 Å². The van der Waals surface area contributed by atoms with E-state index in [1.807, 2.05) is 11.8 Å². The quantitative estimate of drug-likeness (QED) is 0.820. The highest BCUT2D eigenvalue weighted by Gasteiger charge is 2.21. The van der Waals surface area contributed by atoms with Gasteiger partial charge in [0.1, 0.15) is 0 Å². The topological polar surface area (TPSA) is 77.0 Å². The van der Waals surface area contributed by atoms with Crippen LogP contribution in [0.25, 0.3) is 0 Å². The van der Waals surface area contributed by atoms with Crippen molar-refractivity contribution in [1.29, 1.82) is 0 Å². The maximum Gasteiger partial charge on any atom is 0.317 e. The van der Waals surface area contributed by atoms with Gasteiger partial charge >= 0.3 is 12.0 Å². The molecule has 0 aromatic carbocycles. The summed E-state index contributed by atoms with van der Waals surface area (Å²) in [5, 5.41) is 11.4. The third-order valence-corrected chi connectivity index (χ3v) is 3.91. The smallest absolute Gasteiger partial charge is 0.317 e. The molecular formula is C9H16N4OS. The first-order valence-electron chi connectivity index (χ1n) is 5.16. The van der Waals surface area contributed by atoms with Crippen LogP contribution >= 0.6 is 11.8 Å². The molecule has 1 aromatic rings. The van der Waals surface area contributed by atoms with E-state index in [4.69, 9.17) is 10.2 Å². The highest BCUT2D eigenvalue weighted by atomic mass is 32.2. The van der Waals surface area contributed by atoms with Crippen LogP contribution in [0.1, 0.15) is 25.7 Å². The lowest BCUT2D eigenvalue weighted by Crippen LogP contribution is -2.27. The van der Waals surface area contributed by atoms with Crippen molar-refractivity contribution in [2.45, 2.75) is 37.0 Å². The van der Waals surface area contributed by atoms with Crippen molar-refractivity contribution < 1.29 is 4.42 Å². The Bertz CT molecular complexity index is 309. The lowest BCUT2D eigenvalue weighted by atomic mass is 9.95. The van der Waals surface area contributed by atoms with Gasteiger partial charge in [-0.15, -0.1) is 0 Å². The van der Waals surface area contributed by atoms with Gasteiger partial charge in [-0.25, -0.2) is 0 Å². The van der Waals surface area contributed by atoms with Crippen LogP contribution in [0, 0.1) is 0 Å². The number of anilines is 2. The lowest BCUT2D eigenvalue weighted by Gasteiger charge is -2.27. The Morgan fingerprint density at radius 2 is 2.07 bits per heavy atom. The zero-order valence-corrected chi connectivity index (χ0v) is 9.59. The first kappa shape index (κ1) is 10.6. The van der Waals surface area contributed by atoms with E-state index in [1.54, 1.807) is 0 Å². The van der Waals surface area contributed by atoms with E-state index in [-0.39, 0.29) is 6.01 Å². The number of hydrogen-bond acceptors (Lipinski definition) is 6. The molecule has 2 rings (SSSR count). The van der Waals surface area contributed by atoms with E-state index in [9.17, 15) is 0 Å². The van der Waals surface area contributed by atoms with Crippen LogP contribution in [0.5, 0.6) is 0 Å². The van der Waals surface area contributed by atoms with Crippen LogP contribution in [0.4, 0.5) is 12.0 Å². The van der Waals surface area contributed by atoms with E-state index in [0.29, 0.717) is 12.1 Å². The Labute approximate surface area is 93.2 Å². The SMILES string of the molecule is CSC1CCC(Nc2nnc(N)o2)CC1. The second kappa shape index (κ2) is 4.74. The van der Waals surface area contributed by atoms with E-state index in [1.165, 1.54) is 12.8 Å². The predicted octanol–water partition coefficient (Wildman–Crippen LogP) is 1.74. The summed E-state index contributed by atoms with van der Waals surface area (Å²) >= 11 is 1.96. The van der Waals surface area contributed by atoms with Crippen molar-refractivity contribution in [3.8, 4) is 0 Å². The van der Waals surface area contributed by atoms with Gasteiger partial charge in [0.15, 0.2) is 0 Å². The van der Waals surface area contributed by atoms with Gasteiger partial charge in [-0.1, -0.05) is 10.2 Å². The molecule has 3 N–H and O–H groups in total. The van der Waals surface area contributed by atoms with Crippen LogP contribution < -0.4 is 11.1 Å². The highest BCUT2D eigenvalue weighted by Crippen LogP contribution is 2.28. The summed E-state index contributed by atoms with van der Waals surface area (Å²) in [6.07, 6.45) is 7.00. The maximum atomic E-state index is 5.34. The van der Waals surface area contributed by atoms with Crippen molar-refractivity contribution >= 4 is 23.8 Å². The average molecular weight is 228 g/mol. The molecule has 0 saturated heterocycles. The second-order valence-electron chi connectivity index (χ2n) is 3.80.